The van der Waals surface area contributed by atoms with Gasteiger partial charge in [0.15, 0.2) is 0 Å². The van der Waals surface area contributed by atoms with Crippen LogP contribution in [0, 0.1) is 10.1 Å². The van der Waals surface area contributed by atoms with E-state index in [0.29, 0.717) is 16.3 Å². The minimum Gasteiger partial charge on any atom is -0.334 e. The zero-order valence-corrected chi connectivity index (χ0v) is 15.1. The Hall–Kier alpha value is -2.78. The van der Waals surface area contributed by atoms with Crippen molar-refractivity contribution in [2.45, 2.75) is 5.75 Å². The Morgan fingerprint density at radius 3 is 2.81 bits per heavy atom. The van der Waals surface area contributed by atoms with Gasteiger partial charge in [0.05, 0.1) is 4.92 Å². The standard InChI is InChI=1S/C16H13ClN4O4S/c1-26(25)9-10-8-11(5-6-12(10)17)18-15-14(21(23)24)16(22)20-7-3-2-4-13(20)19-15/h2-8,18H,9H2,1H3. The largest absolute Gasteiger partial charge is 0.376 e. The summed E-state index contributed by atoms with van der Waals surface area (Å²) in [4.78, 5) is 27.2. The predicted octanol–water partition coefficient (Wildman–Crippen LogP) is 2.88. The zero-order valence-electron chi connectivity index (χ0n) is 13.5. The van der Waals surface area contributed by atoms with E-state index < -0.39 is 27.0 Å². The fraction of sp³-hybridized carbons (Fsp3) is 0.125. The third kappa shape index (κ3) is 3.58. The van der Waals surface area contributed by atoms with Gasteiger partial charge >= 0.3 is 11.2 Å². The minimum atomic E-state index is -1.10. The number of benzene rings is 1. The van der Waals surface area contributed by atoms with Gasteiger partial charge in [0.1, 0.15) is 5.65 Å². The van der Waals surface area contributed by atoms with E-state index in [1.807, 2.05) is 0 Å². The normalized spacial score (nSPS) is 12.1. The second-order valence-electron chi connectivity index (χ2n) is 5.45. The molecule has 134 valence electrons. The maximum atomic E-state index is 12.4. The molecule has 0 radical (unpaired) electrons. The van der Waals surface area contributed by atoms with Crippen molar-refractivity contribution in [3.8, 4) is 0 Å². The van der Waals surface area contributed by atoms with Crippen LogP contribution in [0.2, 0.25) is 5.02 Å². The van der Waals surface area contributed by atoms with E-state index in [-0.39, 0.29) is 17.2 Å². The molecule has 0 spiro atoms. The lowest BCUT2D eigenvalue weighted by Crippen LogP contribution is -2.20. The summed E-state index contributed by atoms with van der Waals surface area (Å²) < 4.78 is 12.6. The van der Waals surface area contributed by atoms with E-state index in [1.54, 1.807) is 42.7 Å². The lowest BCUT2D eigenvalue weighted by Gasteiger charge is -2.10. The number of nitrogens with zero attached hydrogens (tertiary/aromatic N) is 3. The Balaban J connectivity index is 2.11. The van der Waals surface area contributed by atoms with Crippen molar-refractivity contribution in [3.63, 3.8) is 0 Å². The molecule has 10 heteroatoms. The number of hydrogen-bond donors (Lipinski definition) is 1. The summed E-state index contributed by atoms with van der Waals surface area (Å²) in [5.74, 6) is 0.0710. The Morgan fingerprint density at radius 2 is 2.12 bits per heavy atom. The number of pyridine rings is 1. The van der Waals surface area contributed by atoms with Gasteiger partial charge in [0, 0.05) is 39.7 Å². The van der Waals surface area contributed by atoms with Gasteiger partial charge in [-0.2, -0.15) is 0 Å². The summed E-state index contributed by atoms with van der Waals surface area (Å²) in [5, 5.41) is 14.6. The predicted molar refractivity (Wildman–Crippen MR) is 101 cm³/mol. The highest BCUT2D eigenvalue weighted by Crippen LogP contribution is 2.27. The van der Waals surface area contributed by atoms with Crippen molar-refractivity contribution >= 4 is 45.2 Å². The first-order chi connectivity index (χ1) is 12.4. The second-order valence-corrected chi connectivity index (χ2v) is 7.29. The van der Waals surface area contributed by atoms with E-state index in [9.17, 15) is 19.1 Å². The van der Waals surface area contributed by atoms with Crippen molar-refractivity contribution in [1.82, 2.24) is 9.38 Å². The Bertz CT molecular complexity index is 1100. The van der Waals surface area contributed by atoms with E-state index in [2.05, 4.69) is 10.3 Å². The molecule has 2 aromatic heterocycles. The molecule has 26 heavy (non-hydrogen) atoms. The zero-order chi connectivity index (χ0) is 18.8. The number of hydrogen-bond acceptors (Lipinski definition) is 6. The monoisotopic (exact) mass is 392 g/mol. The Labute approximate surface area is 155 Å². The fourth-order valence-electron chi connectivity index (χ4n) is 2.45. The number of rotatable bonds is 5. The van der Waals surface area contributed by atoms with Crippen molar-refractivity contribution in [2.24, 2.45) is 0 Å². The van der Waals surface area contributed by atoms with E-state index in [4.69, 9.17) is 11.6 Å². The van der Waals surface area contributed by atoms with Crippen molar-refractivity contribution in [3.05, 3.63) is 73.6 Å². The number of fused-ring (bicyclic) bond motifs is 1. The maximum Gasteiger partial charge on any atom is 0.376 e. The molecule has 3 aromatic rings. The summed E-state index contributed by atoms with van der Waals surface area (Å²) in [6, 6.07) is 9.65. The molecule has 0 aliphatic rings. The van der Waals surface area contributed by atoms with Gasteiger partial charge in [-0.05, 0) is 35.9 Å². The molecule has 3 rings (SSSR count). The molecule has 0 bridgehead atoms. The number of nitro groups is 1. The fourth-order valence-corrected chi connectivity index (χ4v) is 3.39. The molecular formula is C16H13ClN4O4S. The van der Waals surface area contributed by atoms with Crippen LogP contribution in [-0.2, 0) is 16.6 Å². The second kappa shape index (κ2) is 7.22. The van der Waals surface area contributed by atoms with Crippen molar-refractivity contribution in [2.75, 3.05) is 11.6 Å². The number of halogens is 1. The van der Waals surface area contributed by atoms with Gasteiger partial charge in [-0.25, -0.2) is 4.98 Å². The van der Waals surface area contributed by atoms with Gasteiger partial charge in [0.2, 0.25) is 5.82 Å². The van der Waals surface area contributed by atoms with Crippen LogP contribution in [0.15, 0.2) is 47.4 Å². The third-order valence-corrected chi connectivity index (χ3v) is 4.65. The average Bonchev–Trinajstić information content (AvgIpc) is 2.57. The summed E-state index contributed by atoms with van der Waals surface area (Å²) >= 11 is 6.09. The van der Waals surface area contributed by atoms with Crippen LogP contribution < -0.4 is 10.9 Å². The van der Waals surface area contributed by atoms with Crippen LogP contribution in [-0.4, -0.2) is 24.8 Å². The lowest BCUT2D eigenvalue weighted by atomic mass is 10.2. The molecule has 0 aliphatic carbocycles. The van der Waals surface area contributed by atoms with Gasteiger partial charge in [-0.1, -0.05) is 17.7 Å². The van der Waals surface area contributed by atoms with E-state index >= 15 is 0 Å². The number of nitrogens with one attached hydrogen (secondary N) is 1. The molecule has 1 aromatic carbocycles. The highest BCUT2D eigenvalue weighted by Gasteiger charge is 2.23. The lowest BCUT2D eigenvalue weighted by molar-refractivity contribution is -0.385. The third-order valence-electron chi connectivity index (χ3n) is 3.56. The molecule has 2 heterocycles. The smallest absolute Gasteiger partial charge is 0.334 e. The van der Waals surface area contributed by atoms with Crippen LogP contribution in [0.25, 0.3) is 5.65 Å². The highest BCUT2D eigenvalue weighted by molar-refractivity contribution is 7.83. The van der Waals surface area contributed by atoms with Crippen LogP contribution in [0.1, 0.15) is 5.56 Å². The molecule has 8 nitrogen and oxygen atoms in total. The van der Waals surface area contributed by atoms with E-state index in [1.165, 1.54) is 6.20 Å². The molecule has 1 N–H and O–H groups in total. The van der Waals surface area contributed by atoms with Gasteiger partial charge in [-0.3, -0.25) is 23.5 Å². The first-order valence-electron chi connectivity index (χ1n) is 7.38. The molecule has 0 saturated heterocycles. The summed E-state index contributed by atoms with van der Waals surface area (Å²) in [6.07, 6.45) is 2.96. The van der Waals surface area contributed by atoms with Crippen LogP contribution in [0.5, 0.6) is 0 Å². The minimum absolute atomic E-state index is 0.169. The van der Waals surface area contributed by atoms with Crippen LogP contribution in [0.4, 0.5) is 17.2 Å². The summed E-state index contributed by atoms with van der Waals surface area (Å²) in [7, 11) is -1.10. The van der Waals surface area contributed by atoms with Crippen molar-refractivity contribution < 1.29 is 9.13 Å². The molecule has 0 fully saturated rings. The molecular weight excluding hydrogens is 380 g/mol. The first-order valence-corrected chi connectivity index (χ1v) is 9.48. The topological polar surface area (TPSA) is 107 Å². The Kier molecular flexibility index (Phi) is 5.01. The van der Waals surface area contributed by atoms with Gasteiger partial charge in [-0.15, -0.1) is 0 Å². The Morgan fingerprint density at radius 1 is 1.35 bits per heavy atom. The molecule has 0 amide bonds. The quantitative estimate of drug-likeness (QED) is 0.528. The van der Waals surface area contributed by atoms with Gasteiger partial charge < -0.3 is 5.32 Å². The first kappa shape index (κ1) is 18.0. The molecule has 0 aliphatic heterocycles. The SMILES string of the molecule is CS(=O)Cc1cc(Nc2nc3ccccn3c(=O)c2[N+](=O)[O-])ccc1Cl. The maximum absolute atomic E-state index is 12.4. The van der Waals surface area contributed by atoms with Crippen molar-refractivity contribution in [1.29, 1.82) is 0 Å². The molecule has 1 unspecified atom stereocenters. The van der Waals surface area contributed by atoms with Gasteiger partial charge in [0.25, 0.3) is 0 Å². The molecule has 1 atom stereocenters. The number of anilines is 2. The summed E-state index contributed by atoms with van der Waals surface area (Å²) in [5.41, 5.74) is -0.103. The van der Waals surface area contributed by atoms with E-state index in [0.717, 1.165) is 4.40 Å². The van der Waals surface area contributed by atoms with Crippen LogP contribution in [0.3, 0.4) is 0 Å². The highest BCUT2D eigenvalue weighted by atomic mass is 35.5. The number of aromatic nitrogens is 2. The summed E-state index contributed by atoms with van der Waals surface area (Å²) in [6.45, 7) is 0. The molecule has 0 saturated carbocycles. The van der Waals surface area contributed by atoms with Crippen LogP contribution >= 0.6 is 11.6 Å². The average molecular weight is 393 g/mol.